The van der Waals surface area contributed by atoms with Crippen LogP contribution in [0.1, 0.15) is 22.0 Å². The standard InChI is InChI=1S/C22H21FN2O4/c23-17-7-5-15(6-8-17)19(25-9-11-28-12-10-25)14-24-21(26)18-13-16-3-1-2-4-20(16)29-22(18)27/h1-8,13,19H,9-12,14H2,(H,24,26). The number of carbonyl (C=O) groups is 1. The number of hydrogen-bond acceptors (Lipinski definition) is 5. The molecular formula is C22H21FN2O4. The molecule has 0 radical (unpaired) electrons. The third-order valence-electron chi connectivity index (χ3n) is 5.08. The molecule has 6 nitrogen and oxygen atoms in total. The molecule has 1 aliphatic rings. The SMILES string of the molecule is O=C(NCC(c1ccc(F)cc1)N1CCOCC1)c1cc2ccccc2oc1=O. The van der Waals surface area contributed by atoms with Gasteiger partial charge < -0.3 is 14.5 Å². The maximum absolute atomic E-state index is 13.4. The molecule has 0 aliphatic carbocycles. The van der Waals surface area contributed by atoms with E-state index in [4.69, 9.17) is 9.15 Å². The van der Waals surface area contributed by atoms with E-state index in [1.54, 1.807) is 30.3 Å². The molecule has 2 heterocycles. The van der Waals surface area contributed by atoms with Crippen molar-refractivity contribution in [2.75, 3.05) is 32.8 Å². The number of benzene rings is 2. The van der Waals surface area contributed by atoms with Crippen LogP contribution in [0.4, 0.5) is 4.39 Å². The van der Waals surface area contributed by atoms with Crippen molar-refractivity contribution in [1.82, 2.24) is 10.2 Å². The molecule has 1 fully saturated rings. The Bertz CT molecular complexity index is 1060. The lowest BCUT2D eigenvalue weighted by Gasteiger charge is -2.34. The van der Waals surface area contributed by atoms with Crippen LogP contribution in [0.25, 0.3) is 11.0 Å². The van der Waals surface area contributed by atoms with Gasteiger partial charge in [-0.1, -0.05) is 30.3 Å². The van der Waals surface area contributed by atoms with Crippen molar-refractivity contribution >= 4 is 16.9 Å². The fourth-order valence-electron chi connectivity index (χ4n) is 3.54. The van der Waals surface area contributed by atoms with Gasteiger partial charge in [-0.3, -0.25) is 9.69 Å². The fraction of sp³-hybridized carbons (Fsp3) is 0.273. The molecule has 1 aliphatic heterocycles. The molecule has 2 aromatic carbocycles. The van der Waals surface area contributed by atoms with E-state index in [1.165, 1.54) is 18.2 Å². The molecule has 150 valence electrons. The Hall–Kier alpha value is -3.03. The van der Waals surface area contributed by atoms with Crippen molar-refractivity contribution in [2.24, 2.45) is 0 Å². The number of nitrogens with zero attached hydrogens (tertiary/aromatic N) is 1. The monoisotopic (exact) mass is 396 g/mol. The number of carbonyl (C=O) groups excluding carboxylic acids is 1. The van der Waals surface area contributed by atoms with Gasteiger partial charge in [0.15, 0.2) is 0 Å². The van der Waals surface area contributed by atoms with Gasteiger partial charge in [0.25, 0.3) is 5.91 Å². The molecule has 0 spiro atoms. The van der Waals surface area contributed by atoms with Gasteiger partial charge in [-0.05, 0) is 29.8 Å². The van der Waals surface area contributed by atoms with Crippen molar-refractivity contribution < 1.29 is 18.3 Å². The van der Waals surface area contributed by atoms with Crippen LogP contribution in [0.3, 0.4) is 0 Å². The summed E-state index contributed by atoms with van der Waals surface area (Å²) in [6.07, 6.45) is 0. The minimum absolute atomic E-state index is 0.0384. The third kappa shape index (κ3) is 4.36. The molecule has 1 N–H and O–H groups in total. The smallest absolute Gasteiger partial charge is 0.349 e. The lowest BCUT2D eigenvalue weighted by molar-refractivity contribution is 0.0162. The van der Waals surface area contributed by atoms with E-state index in [9.17, 15) is 14.0 Å². The molecule has 1 aromatic heterocycles. The minimum atomic E-state index is -0.675. The van der Waals surface area contributed by atoms with Crippen LogP contribution < -0.4 is 10.9 Å². The normalized spacial score (nSPS) is 15.9. The molecule has 0 saturated carbocycles. The summed E-state index contributed by atoms with van der Waals surface area (Å²) in [7, 11) is 0. The van der Waals surface area contributed by atoms with Crippen LogP contribution in [-0.2, 0) is 4.74 Å². The lowest BCUT2D eigenvalue weighted by Crippen LogP contribution is -2.44. The number of morpholine rings is 1. The van der Waals surface area contributed by atoms with E-state index in [1.807, 2.05) is 6.07 Å². The summed E-state index contributed by atoms with van der Waals surface area (Å²) in [5.41, 5.74) is 0.611. The summed E-state index contributed by atoms with van der Waals surface area (Å²) in [6, 6.07) is 14.7. The number of fused-ring (bicyclic) bond motifs is 1. The highest BCUT2D eigenvalue weighted by molar-refractivity contribution is 5.96. The Labute approximate surface area is 166 Å². The average Bonchev–Trinajstić information content (AvgIpc) is 2.75. The van der Waals surface area contributed by atoms with Gasteiger partial charge in [0.05, 0.1) is 19.3 Å². The van der Waals surface area contributed by atoms with Crippen molar-refractivity contribution in [3.63, 3.8) is 0 Å². The quantitative estimate of drug-likeness (QED) is 0.672. The molecule has 0 bridgehead atoms. The fourth-order valence-corrected chi connectivity index (χ4v) is 3.54. The van der Waals surface area contributed by atoms with Crippen LogP contribution in [0.2, 0.25) is 0 Å². The van der Waals surface area contributed by atoms with Crippen LogP contribution in [0, 0.1) is 5.82 Å². The van der Waals surface area contributed by atoms with Gasteiger partial charge in [0.2, 0.25) is 0 Å². The molecule has 1 saturated heterocycles. The zero-order valence-electron chi connectivity index (χ0n) is 15.8. The second-order valence-electron chi connectivity index (χ2n) is 6.91. The van der Waals surface area contributed by atoms with E-state index in [0.29, 0.717) is 37.3 Å². The Kier molecular flexibility index (Phi) is 5.69. The molecule has 1 atom stereocenters. The summed E-state index contributed by atoms with van der Waals surface area (Å²) in [4.78, 5) is 27.1. The van der Waals surface area contributed by atoms with Crippen LogP contribution in [0.5, 0.6) is 0 Å². The van der Waals surface area contributed by atoms with E-state index < -0.39 is 11.5 Å². The van der Waals surface area contributed by atoms with Crippen molar-refractivity contribution in [2.45, 2.75) is 6.04 Å². The minimum Gasteiger partial charge on any atom is -0.422 e. The lowest BCUT2D eigenvalue weighted by atomic mass is 10.0. The number of ether oxygens (including phenoxy) is 1. The summed E-state index contributed by atoms with van der Waals surface area (Å²) >= 11 is 0. The summed E-state index contributed by atoms with van der Waals surface area (Å²) < 4.78 is 24.0. The largest absolute Gasteiger partial charge is 0.422 e. The van der Waals surface area contributed by atoms with E-state index in [2.05, 4.69) is 10.2 Å². The van der Waals surface area contributed by atoms with E-state index >= 15 is 0 Å². The van der Waals surface area contributed by atoms with Crippen molar-refractivity contribution in [3.8, 4) is 0 Å². The first-order valence-electron chi connectivity index (χ1n) is 9.50. The van der Waals surface area contributed by atoms with E-state index in [-0.39, 0.29) is 24.0 Å². The second kappa shape index (κ2) is 8.55. The predicted octanol–water partition coefficient (Wildman–Crippen LogP) is 2.74. The molecule has 3 aromatic rings. The maximum atomic E-state index is 13.4. The van der Waals surface area contributed by atoms with Crippen LogP contribution in [0.15, 0.2) is 63.8 Å². The van der Waals surface area contributed by atoms with Crippen LogP contribution >= 0.6 is 0 Å². The number of amides is 1. The summed E-state index contributed by atoms with van der Waals surface area (Å²) in [5.74, 6) is -0.808. The van der Waals surface area contributed by atoms with Crippen LogP contribution in [-0.4, -0.2) is 43.7 Å². The zero-order chi connectivity index (χ0) is 20.2. The maximum Gasteiger partial charge on any atom is 0.349 e. The van der Waals surface area contributed by atoms with Gasteiger partial charge in [-0.25, -0.2) is 9.18 Å². The third-order valence-corrected chi connectivity index (χ3v) is 5.08. The van der Waals surface area contributed by atoms with Gasteiger partial charge in [0, 0.05) is 25.0 Å². The van der Waals surface area contributed by atoms with E-state index in [0.717, 1.165) is 5.56 Å². The first kappa shape index (κ1) is 19.3. The predicted molar refractivity (Wildman–Crippen MR) is 106 cm³/mol. The Morgan fingerprint density at radius 3 is 2.59 bits per heavy atom. The Morgan fingerprint density at radius 1 is 1.10 bits per heavy atom. The summed E-state index contributed by atoms with van der Waals surface area (Å²) in [6.45, 7) is 2.88. The molecule has 29 heavy (non-hydrogen) atoms. The number of para-hydroxylation sites is 1. The van der Waals surface area contributed by atoms with Crippen molar-refractivity contribution in [1.29, 1.82) is 0 Å². The number of halogens is 1. The van der Waals surface area contributed by atoms with Crippen molar-refractivity contribution in [3.05, 3.63) is 82.0 Å². The number of nitrogens with one attached hydrogen (secondary N) is 1. The molecule has 4 rings (SSSR count). The molecule has 1 unspecified atom stereocenters. The Morgan fingerprint density at radius 2 is 1.83 bits per heavy atom. The second-order valence-corrected chi connectivity index (χ2v) is 6.91. The van der Waals surface area contributed by atoms with Gasteiger partial charge in [0.1, 0.15) is 17.0 Å². The first-order chi connectivity index (χ1) is 14.1. The molecular weight excluding hydrogens is 375 g/mol. The summed E-state index contributed by atoms with van der Waals surface area (Å²) in [5, 5.41) is 3.52. The zero-order valence-corrected chi connectivity index (χ0v) is 15.8. The van der Waals surface area contributed by atoms with Gasteiger partial charge >= 0.3 is 5.63 Å². The first-order valence-corrected chi connectivity index (χ1v) is 9.50. The highest BCUT2D eigenvalue weighted by Crippen LogP contribution is 2.22. The Balaban J connectivity index is 1.55. The van der Waals surface area contributed by atoms with Gasteiger partial charge in [-0.15, -0.1) is 0 Å². The highest BCUT2D eigenvalue weighted by atomic mass is 19.1. The number of rotatable bonds is 5. The molecule has 7 heteroatoms. The highest BCUT2D eigenvalue weighted by Gasteiger charge is 2.24. The van der Waals surface area contributed by atoms with Gasteiger partial charge in [-0.2, -0.15) is 0 Å². The average molecular weight is 396 g/mol. The number of hydrogen-bond donors (Lipinski definition) is 1. The topological polar surface area (TPSA) is 71.8 Å². The molecule has 1 amide bonds.